The maximum atomic E-state index is 14.7. The topological polar surface area (TPSA) is 112 Å². The largest absolute Gasteiger partial charge is 0.497 e. The molecule has 0 spiro atoms. The van der Waals surface area contributed by atoms with Crippen LogP contribution < -0.4 is 14.8 Å². The zero-order chi connectivity index (χ0) is 32.3. The van der Waals surface area contributed by atoms with Crippen molar-refractivity contribution in [2.75, 3.05) is 32.8 Å². The number of amides is 1. The monoisotopic (exact) mass is 660 g/mol. The van der Waals surface area contributed by atoms with Crippen molar-refractivity contribution in [1.82, 2.24) is 14.1 Å². The second kappa shape index (κ2) is 13.5. The molecule has 6 rings (SSSR count). The van der Waals surface area contributed by atoms with Gasteiger partial charge in [0.25, 0.3) is 0 Å². The van der Waals surface area contributed by atoms with E-state index in [0.29, 0.717) is 51.9 Å². The third-order valence-corrected chi connectivity index (χ3v) is 10.0. The van der Waals surface area contributed by atoms with Gasteiger partial charge in [-0.05, 0) is 59.2 Å². The number of hydrogen-bond acceptors (Lipinski definition) is 7. The molecule has 4 aromatic carbocycles. The first kappa shape index (κ1) is 31.6. The lowest BCUT2D eigenvalue weighted by Crippen LogP contribution is -2.31. The van der Waals surface area contributed by atoms with E-state index in [1.807, 2.05) is 30.3 Å². The van der Waals surface area contributed by atoms with Gasteiger partial charge in [-0.1, -0.05) is 54.1 Å². The molecular weight excluding hydrogens is 628 g/mol. The number of fused-ring (bicyclic) bond motifs is 1. The molecule has 0 radical (unpaired) electrons. The van der Waals surface area contributed by atoms with E-state index in [4.69, 9.17) is 30.9 Å². The molecule has 0 unspecified atom stereocenters. The predicted octanol–water partition coefficient (Wildman–Crippen LogP) is 5.85. The molecule has 1 amide bonds. The smallest absolute Gasteiger partial charge is 0.244 e. The SMILES string of the molecule is COc1ccc(CN(Cc2ccc(OC)cc2)S(=O)(=O)c2cc(NC(=O)Cc3ccccc3Cl)cc3nn(C4COC4)cc23)cc1. The van der Waals surface area contributed by atoms with Crippen LogP contribution in [0.5, 0.6) is 11.5 Å². The highest BCUT2D eigenvalue weighted by Crippen LogP contribution is 2.33. The van der Waals surface area contributed by atoms with Gasteiger partial charge < -0.3 is 19.5 Å². The number of rotatable bonds is 12. The summed E-state index contributed by atoms with van der Waals surface area (Å²) in [5, 5.41) is 8.49. The van der Waals surface area contributed by atoms with Crippen molar-refractivity contribution in [3.05, 3.63) is 113 Å². The van der Waals surface area contributed by atoms with Crippen LogP contribution in [0.15, 0.2) is 96.0 Å². The van der Waals surface area contributed by atoms with Gasteiger partial charge in [-0.3, -0.25) is 9.48 Å². The number of methoxy groups -OCH3 is 2. The highest BCUT2D eigenvalue weighted by molar-refractivity contribution is 7.89. The van der Waals surface area contributed by atoms with Crippen LogP contribution in [-0.4, -0.2) is 55.8 Å². The highest BCUT2D eigenvalue weighted by Gasteiger charge is 2.30. The molecule has 1 aliphatic rings. The Bertz CT molecular complexity index is 1910. The van der Waals surface area contributed by atoms with Gasteiger partial charge in [-0.15, -0.1) is 0 Å². The van der Waals surface area contributed by atoms with Crippen LogP contribution in [0, 0.1) is 0 Å². The van der Waals surface area contributed by atoms with Crippen LogP contribution in [0.2, 0.25) is 5.02 Å². The number of carbonyl (C=O) groups excluding carboxylic acids is 1. The van der Waals surface area contributed by atoms with E-state index in [9.17, 15) is 13.2 Å². The summed E-state index contributed by atoms with van der Waals surface area (Å²) in [6, 6.07) is 24.8. The van der Waals surface area contributed by atoms with Crippen molar-refractivity contribution in [2.24, 2.45) is 0 Å². The fraction of sp³-hybridized carbons (Fsp3) is 0.235. The first-order valence-corrected chi connectivity index (χ1v) is 16.4. The van der Waals surface area contributed by atoms with E-state index in [2.05, 4.69) is 5.32 Å². The normalized spacial score (nSPS) is 13.5. The number of ether oxygens (including phenoxy) is 3. The Morgan fingerprint density at radius 3 is 2.11 bits per heavy atom. The number of nitrogens with zero attached hydrogens (tertiary/aromatic N) is 3. The summed E-state index contributed by atoms with van der Waals surface area (Å²) in [4.78, 5) is 13.2. The van der Waals surface area contributed by atoms with E-state index < -0.39 is 10.0 Å². The lowest BCUT2D eigenvalue weighted by atomic mass is 10.1. The minimum atomic E-state index is -4.17. The summed E-state index contributed by atoms with van der Waals surface area (Å²) in [6.45, 7) is 1.15. The maximum absolute atomic E-state index is 14.7. The van der Waals surface area contributed by atoms with Crippen molar-refractivity contribution in [1.29, 1.82) is 0 Å². The molecule has 1 fully saturated rings. The average molecular weight is 661 g/mol. The van der Waals surface area contributed by atoms with Crippen molar-refractivity contribution in [3.8, 4) is 11.5 Å². The zero-order valence-electron chi connectivity index (χ0n) is 25.4. The van der Waals surface area contributed by atoms with Gasteiger partial charge in [-0.25, -0.2) is 8.42 Å². The lowest BCUT2D eigenvalue weighted by Gasteiger charge is -2.25. The molecule has 1 saturated heterocycles. The number of hydrogen-bond donors (Lipinski definition) is 1. The van der Waals surface area contributed by atoms with Gasteiger partial charge >= 0.3 is 0 Å². The maximum Gasteiger partial charge on any atom is 0.244 e. The summed E-state index contributed by atoms with van der Waals surface area (Å²) < 4.78 is 48.6. The number of anilines is 1. The number of nitrogens with one attached hydrogen (secondary N) is 1. The second-order valence-electron chi connectivity index (χ2n) is 11.0. The molecule has 1 N–H and O–H groups in total. The Morgan fingerprint density at radius 2 is 1.57 bits per heavy atom. The van der Waals surface area contributed by atoms with Crippen LogP contribution in [0.1, 0.15) is 22.7 Å². The second-order valence-corrected chi connectivity index (χ2v) is 13.3. The van der Waals surface area contributed by atoms with Crippen LogP contribution in [0.4, 0.5) is 5.69 Å². The summed E-state index contributed by atoms with van der Waals surface area (Å²) in [6.07, 6.45) is 1.76. The van der Waals surface area contributed by atoms with Crippen molar-refractivity contribution < 1.29 is 27.4 Å². The number of benzene rings is 4. The van der Waals surface area contributed by atoms with Crippen LogP contribution in [0.3, 0.4) is 0 Å². The molecule has 0 aliphatic carbocycles. The molecule has 0 saturated carbocycles. The Hall–Kier alpha value is -4.42. The Labute approximate surface area is 272 Å². The van der Waals surface area contributed by atoms with Gasteiger partial charge in [0, 0.05) is 35.4 Å². The minimum Gasteiger partial charge on any atom is -0.497 e. The summed E-state index contributed by atoms with van der Waals surface area (Å²) >= 11 is 6.29. The van der Waals surface area contributed by atoms with Crippen LogP contribution >= 0.6 is 11.6 Å². The average Bonchev–Trinajstić information content (AvgIpc) is 3.44. The Kier molecular flexibility index (Phi) is 9.27. The van der Waals surface area contributed by atoms with Crippen molar-refractivity contribution in [2.45, 2.75) is 30.4 Å². The number of carbonyl (C=O) groups is 1. The number of halogens is 1. The quantitative estimate of drug-likeness (QED) is 0.179. The molecule has 5 aromatic rings. The fourth-order valence-corrected chi connectivity index (χ4v) is 7.04. The highest BCUT2D eigenvalue weighted by atomic mass is 35.5. The molecule has 1 aromatic heterocycles. The standard InChI is InChI=1S/C34H33ClN4O6S/c1-43-28-11-7-23(8-12-28)18-38(19-24-9-13-29(44-2)14-10-24)46(41,42)33-17-26(36-34(40)15-25-5-3-4-6-31(25)35)16-32-30(33)20-39(37-32)27-21-45-22-27/h3-14,16-17,20,27H,15,18-19,21-22H2,1-2H3,(H,36,40). The number of sulfonamides is 1. The fourth-order valence-electron chi connectivity index (χ4n) is 5.21. The van der Waals surface area contributed by atoms with E-state index in [-0.39, 0.29) is 36.4 Å². The van der Waals surface area contributed by atoms with Gasteiger partial charge in [0.15, 0.2) is 0 Å². The molecule has 2 heterocycles. The zero-order valence-corrected chi connectivity index (χ0v) is 26.9. The molecule has 10 nitrogen and oxygen atoms in total. The predicted molar refractivity (Wildman–Crippen MR) is 176 cm³/mol. The lowest BCUT2D eigenvalue weighted by molar-refractivity contribution is -0.115. The van der Waals surface area contributed by atoms with Gasteiger partial charge in [0.2, 0.25) is 15.9 Å². The molecule has 238 valence electrons. The molecule has 0 bridgehead atoms. The summed E-state index contributed by atoms with van der Waals surface area (Å²) in [5.74, 6) is 1.00. The summed E-state index contributed by atoms with van der Waals surface area (Å²) in [5.41, 5.74) is 2.97. The Balaban J connectivity index is 1.40. The molecule has 46 heavy (non-hydrogen) atoms. The first-order chi connectivity index (χ1) is 22.2. The van der Waals surface area contributed by atoms with Crippen LogP contribution in [0.25, 0.3) is 10.9 Å². The van der Waals surface area contributed by atoms with Gasteiger partial charge in [0.1, 0.15) is 11.5 Å². The van der Waals surface area contributed by atoms with E-state index >= 15 is 0 Å². The minimum absolute atomic E-state index is 0.00378. The van der Waals surface area contributed by atoms with Crippen molar-refractivity contribution >= 4 is 44.1 Å². The van der Waals surface area contributed by atoms with Crippen LogP contribution in [-0.2, 0) is 39.1 Å². The molecule has 0 atom stereocenters. The molecular formula is C34H33ClN4O6S. The van der Waals surface area contributed by atoms with E-state index in [1.165, 1.54) is 10.4 Å². The third kappa shape index (κ3) is 6.87. The summed E-state index contributed by atoms with van der Waals surface area (Å²) in [7, 11) is -1.01. The molecule has 1 aliphatic heterocycles. The third-order valence-electron chi connectivity index (χ3n) is 7.85. The molecule has 12 heteroatoms. The van der Waals surface area contributed by atoms with Gasteiger partial charge in [-0.2, -0.15) is 9.40 Å². The van der Waals surface area contributed by atoms with Crippen molar-refractivity contribution in [3.63, 3.8) is 0 Å². The Morgan fingerprint density at radius 1 is 0.957 bits per heavy atom. The first-order valence-electron chi connectivity index (χ1n) is 14.6. The van der Waals surface area contributed by atoms with E-state index in [0.717, 1.165) is 11.1 Å². The van der Waals surface area contributed by atoms with Gasteiger partial charge in [0.05, 0.1) is 50.3 Å². The van der Waals surface area contributed by atoms with E-state index in [1.54, 1.807) is 73.6 Å². The number of aromatic nitrogens is 2.